The number of aryl methyl sites for hydroxylation is 3. The quantitative estimate of drug-likeness (QED) is 0.906. The zero-order valence-electron chi connectivity index (χ0n) is 10.1. The predicted octanol–water partition coefficient (Wildman–Crippen LogP) is 1.97. The number of halogens is 1. The average molecular weight is 255 g/mol. The lowest BCUT2D eigenvalue weighted by atomic mass is 10.3. The summed E-state index contributed by atoms with van der Waals surface area (Å²) in [7, 11) is 1.89. The molecule has 0 aromatic carbocycles. The summed E-state index contributed by atoms with van der Waals surface area (Å²) >= 11 is 6.15. The smallest absolute Gasteiger partial charge is 0.181 e. The summed E-state index contributed by atoms with van der Waals surface area (Å²) in [5.74, 6) is 0.838. The van der Waals surface area contributed by atoms with E-state index in [1.165, 1.54) is 6.39 Å². The van der Waals surface area contributed by atoms with E-state index in [0.29, 0.717) is 13.1 Å². The highest BCUT2D eigenvalue weighted by Gasteiger charge is 2.10. The Hall–Kier alpha value is -1.33. The van der Waals surface area contributed by atoms with E-state index in [9.17, 15) is 0 Å². The summed E-state index contributed by atoms with van der Waals surface area (Å²) < 4.78 is 6.92. The monoisotopic (exact) mass is 254 g/mol. The SMILES string of the molecule is Cc1nn(C)c(CNCc2ncoc2C)c1Cl. The van der Waals surface area contributed by atoms with Gasteiger partial charge in [-0.05, 0) is 13.8 Å². The van der Waals surface area contributed by atoms with E-state index in [0.717, 1.165) is 27.9 Å². The van der Waals surface area contributed by atoms with E-state index in [4.69, 9.17) is 16.0 Å². The molecule has 17 heavy (non-hydrogen) atoms. The number of aromatic nitrogens is 3. The molecule has 0 fully saturated rings. The zero-order chi connectivity index (χ0) is 12.4. The van der Waals surface area contributed by atoms with Gasteiger partial charge in [-0.25, -0.2) is 4.98 Å². The third-order valence-corrected chi connectivity index (χ3v) is 3.18. The van der Waals surface area contributed by atoms with E-state index in [1.54, 1.807) is 4.68 Å². The Bertz CT molecular complexity index is 518. The number of hydrogen-bond donors (Lipinski definition) is 1. The van der Waals surface area contributed by atoms with Gasteiger partial charge < -0.3 is 9.73 Å². The topological polar surface area (TPSA) is 55.9 Å². The first-order valence-corrected chi connectivity index (χ1v) is 5.75. The first kappa shape index (κ1) is 12.1. The van der Waals surface area contributed by atoms with Crippen molar-refractivity contribution in [1.29, 1.82) is 0 Å². The molecular formula is C11H15ClN4O. The lowest BCUT2D eigenvalue weighted by Gasteiger charge is -2.04. The molecule has 0 aliphatic heterocycles. The van der Waals surface area contributed by atoms with Crippen LogP contribution in [0.1, 0.15) is 22.8 Å². The van der Waals surface area contributed by atoms with Crippen LogP contribution in [0.4, 0.5) is 0 Å². The minimum atomic E-state index is 0.655. The molecule has 6 heteroatoms. The summed E-state index contributed by atoms with van der Waals surface area (Å²) in [6.07, 6.45) is 1.45. The van der Waals surface area contributed by atoms with Crippen molar-refractivity contribution < 1.29 is 4.42 Å². The highest BCUT2D eigenvalue weighted by atomic mass is 35.5. The van der Waals surface area contributed by atoms with Gasteiger partial charge in [-0.2, -0.15) is 5.10 Å². The van der Waals surface area contributed by atoms with Crippen molar-refractivity contribution in [3.8, 4) is 0 Å². The standard InChI is InChI=1S/C11H15ClN4O/c1-7-11(12)10(16(3)15-7)5-13-4-9-8(2)17-6-14-9/h6,13H,4-5H2,1-3H3. The van der Waals surface area contributed by atoms with Crippen LogP contribution in [-0.4, -0.2) is 14.8 Å². The Morgan fingerprint density at radius 3 is 2.71 bits per heavy atom. The Morgan fingerprint density at radius 2 is 2.18 bits per heavy atom. The Balaban J connectivity index is 1.97. The summed E-state index contributed by atoms with van der Waals surface area (Å²) in [5, 5.41) is 8.25. The van der Waals surface area contributed by atoms with Crippen LogP contribution in [0.5, 0.6) is 0 Å². The van der Waals surface area contributed by atoms with Crippen LogP contribution in [-0.2, 0) is 20.1 Å². The van der Waals surface area contributed by atoms with Gasteiger partial charge in [-0.1, -0.05) is 11.6 Å². The number of rotatable bonds is 4. The molecule has 2 rings (SSSR count). The molecule has 1 N–H and O–H groups in total. The average Bonchev–Trinajstić information content (AvgIpc) is 2.78. The van der Waals surface area contributed by atoms with Crippen LogP contribution in [0, 0.1) is 13.8 Å². The third kappa shape index (κ3) is 2.50. The van der Waals surface area contributed by atoms with Gasteiger partial charge in [0.25, 0.3) is 0 Å². The highest BCUT2D eigenvalue weighted by molar-refractivity contribution is 6.31. The van der Waals surface area contributed by atoms with Gasteiger partial charge in [0.15, 0.2) is 6.39 Å². The predicted molar refractivity (Wildman–Crippen MR) is 64.7 cm³/mol. The van der Waals surface area contributed by atoms with E-state index in [-0.39, 0.29) is 0 Å². The van der Waals surface area contributed by atoms with Gasteiger partial charge in [-0.15, -0.1) is 0 Å². The van der Waals surface area contributed by atoms with Gasteiger partial charge in [0, 0.05) is 20.1 Å². The maximum atomic E-state index is 6.15. The lowest BCUT2D eigenvalue weighted by molar-refractivity contribution is 0.521. The second-order valence-corrected chi connectivity index (χ2v) is 4.31. The van der Waals surface area contributed by atoms with Crippen LogP contribution in [0.2, 0.25) is 5.02 Å². The maximum Gasteiger partial charge on any atom is 0.181 e. The second kappa shape index (κ2) is 4.89. The van der Waals surface area contributed by atoms with Crippen molar-refractivity contribution >= 4 is 11.6 Å². The third-order valence-electron chi connectivity index (χ3n) is 2.69. The summed E-state index contributed by atoms with van der Waals surface area (Å²) in [4.78, 5) is 4.11. The molecule has 0 bridgehead atoms. The fourth-order valence-electron chi connectivity index (χ4n) is 1.67. The molecular weight excluding hydrogens is 240 g/mol. The normalized spacial score (nSPS) is 11.1. The lowest BCUT2D eigenvalue weighted by Crippen LogP contribution is -2.16. The fraction of sp³-hybridized carbons (Fsp3) is 0.455. The van der Waals surface area contributed by atoms with Crippen LogP contribution in [0.3, 0.4) is 0 Å². The summed E-state index contributed by atoms with van der Waals surface area (Å²) in [6.45, 7) is 5.10. The molecule has 0 saturated heterocycles. The molecule has 2 aromatic heterocycles. The molecule has 5 nitrogen and oxygen atoms in total. The van der Waals surface area contributed by atoms with Gasteiger partial charge in [-0.3, -0.25) is 4.68 Å². The number of nitrogens with zero attached hydrogens (tertiary/aromatic N) is 3. The first-order chi connectivity index (χ1) is 8.09. The largest absolute Gasteiger partial charge is 0.448 e. The van der Waals surface area contributed by atoms with Gasteiger partial charge >= 0.3 is 0 Å². The van der Waals surface area contributed by atoms with Crippen LogP contribution < -0.4 is 5.32 Å². The van der Waals surface area contributed by atoms with E-state index >= 15 is 0 Å². The molecule has 92 valence electrons. The van der Waals surface area contributed by atoms with E-state index in [2.05, 4.69) is 15.4 Å². The Morgan fingerprint density at radius 1 is 1.41 bits per heavy atom. The van der Waals surface area contributed by atoms with E-state index < -0.39 is 0 Å². The molecule has 0 unspecified atom stereocenters. The van der Waals surface area contributed by atoms with Gasteiger partial charge in [0.1, 0.15) is 5.76 Å². The van der Waals surface area contributed by atoms with Crippen molar-refractivity contribution in [2.24, 2.45) is 7.05 Å². The number of oxazole rings is 1. The minimum Gasteiger partial charge on any atom is -0.448 e. The van der Waals surface area contributed by atoms with Gasteiger partial charge in [0.2, 0.25) is 0 Å². The van der Waals surface area contributed by atoms with E-state index in [1.807, 2.05) is 20.9 Å². The molecule has 0 radical (unpaired) electrons. The van der Waals surface area contributed by atoms with Crippen LogP contribution in [0.15, 0.2) is 10.8 Å². The van der Waals surface area contributed by atoms with Crippen LogP contribution >= 0.6 is 11.6 Å². The first-order valence-electron chi connectivity index (χ1n) is 5.37. The summed E-state index contributed by atoms with van der Waals surface area (Å²) in [5.41, 5.74) is 2.74. The van der Waals surface area contributed by atoms with Crippen LogP contribution in [0.25, 0.3) is 0 Å². The zero-order valence-corrected chi connectivity index (χ0v) is 10.9. The van der Waals surface area contributed by atoms with Crippen molar-refractivity contribution in [1.82, 2.24) is 20.1 Å². The molecule has 0 aliphatic rings. The molecule has 0 aliphatic carbocycles. The van der Waals surface area contributed by atoms with Crippen molar-refractivity contribution in [2.75, 3.05) is 0 Å². The molecule has 0 saturated carbocycles. The number of nitrogens with one attached hydrogen (secondary N) is 1. The van der Waals surface area contributed by atoms with Crippen molar-refractivity contribution in [2.45, 2.75) is 26.9 Å². The molecule has 0 spiro atoms. The molecule has 2 heterocycles. The maximum absolute atomic E-state index is 6.15. The van der Waals surface area contributed by atoms with Crippen molar-refractivity contribution in [3.05, 3.63) is 34.3 Å². The highest BCUT2D eigenvalue weighted by Crippen LogP contribution is 2.19. The second-order valence-electron chi connectivity index (χ2n) is 3.93. The molecule has 0 amide bonds. The Labute approximate surface area is 105 Å². The van der Waals surface area contributed by atoms with Gasteiger partial charge in [0.05, 0.1) is 22.1 Å². The fourth-order valence-corrected chi connectivity index (χ4v) is 1.90. The Kier molecular flexibility index (Phi) is 3.49. The molecule has 0 atom stereocenters. The molecule has 2 aromatic rings. The number of hydrogen-bond acceptors (Lipinski definition) is 4. The van der Waals surface area contributed by atoms with Crippen molar-refractivity contribution in [3.63, 3.8) is 0 Å². The minimum absolute atomic E-state index is 0.655. The summed E-state index contributed by atoms with van der Waals surface area (Å²) in [6, 6.07) is 0.